The Morgan fingerprint density at radius 1 is 1.32 bits per heavy atom. The van der Waals surface area contributed by atoms with Crippen LogP contribution in [0.15, 0.2) is 47.0 Å². The summed E-state index contributed by atoms with van der Waals surface area (Å²) in [6, 6.07) is 6.67. The molecule has 1 aromatic rings. The maximum atomic E-state index is 13.7. The molecule has 0 spiro atoms. The molecule has 0 radical (unpaired) electrons. The lowest BCUT2D eigenvalue weighted by atomic mass is 9.84. The predicted molar refractivity (Wildman–Crippen MR) is 115 cm³/mol. The van der Waals surface area contributed by atoms with Crippen molar-refractivity contribution in [2.75, 3.05) is 20.6 Å². The first-order valence-electron chi connectivity index (χ1n) is 9.97. The smallest absolute Gasteiger partial charge is 0.395 e. The molecule has 6 nitrogen and oxygen atoms in total. The van der Waals surface area contributed by atoms with Crippen molar-refractivity contribution in [3.63, 3.8) is 0 Å². The highest BCUT2D eigenvalue weighted by Crippen LogP contribution is 2.63. The molecule has 31 heavy (non-hydrogen) atoms. The molecule has 0 bridgehead atoms. The van der Waals surface area contributed by atoms with Crippen molar-refractivity contribution in [3.05, 3.63) is 42.6 Å². The minimum Gasteiger partial charge on any atom is -0.508 e. The second kappa shape index (κ2) is 10.1. The zero-order chi connectivity index (χ0) is 23.2. The number of aromatic hydroxyl groups is 1. The van der Waals surface area contributed by atoms with Crippen LogP contribution in [0.25, 0.3) is 0 Å². The second-order valence-electron chi connectivity index (χ2n) is 8.03. The van der Waals surface area contributed by atoms with Crippen molar-refractivity contribution in [2.45, 2.75) is 37.9 Å². The van der Waals surface area contributed by atoms with Gasteiger partial charge in [0, 0.05) is 31.1 Å². The van der Waals surface area contributed by atoms with Crippen LogP contribution in [0.2, 0.25) is 0 Å². The Balaban J connectivity index is 2.09. The van der Waals surface area contributed by atoms with Gasteiger partial charge in [0.1, 0.15) is 11.6 Å². The number of alkyl halides is 3. The summed E-state index contributed by atoms with van der Waals surface area (Å²) < 4.78 is 41.2. The van der Waals surface area contributed by atoms with Crippen molar-refractivity contribution in [3.8, 4) is 5.75 Å². The molecule has 0 aromatic heterocycles. The number of hydrogen-bond donors (Lipinski definition) is 2. The van der Waals surface area contributed by atoms with E-state index in [-0.39, 0.29) is 43.4 Å². The Morgan fingerprint density at radius 2 is 1.94 bits per heavy atom. The molecule has 2 atom stereocenters. The molecule has 0 heterocycles. The molecule has 1 amide bonds. The van der Waals surface area contributed by atoms with Gasteiger partial charge < -0.3 is 15.3 Å². The van der Waals surface area contributed by atoms with Crippen molar-refractivity contribution in [1.29, 1.82) is 0 Å². The number of benzene rings is 1. The number of aliphatic imine (C=N–C) groups is 2. The molecule has 2 N–H and O–H groups in total. The molecule has 1 aliphatic carbocycles. The number of phenols is 1. The average molecular weight is 438 g/mol. The van der Waals surface area contributed by atoms with E-state index >= 15 is 0 Å². The van der Waals surface area contributed by atoms with E-state index in [0.29, 0.717) is 6.42 Å². The number of nitrogens with zero attached hydrogens (tertiary/aromatic N) is 3. The monoisotopic (exact) mass is 438 g/mol. The molecule has 0 aliphatic heterocycles. The van der Waals surface area contributed by atoms with E-state index in [1.54, 1.807) is 24.3 Å². The topological polar surface area (TPSA) is 77.3 Å². The van der Waals surface area contributed by atoms with Crippen LogP contribution in [-0.4, -0.2) is 61.3 Å². The lowest BCUT2D eigenvalue weighted by Gasteiger charge is -2.29. The minimum absolute atomic E-state index is 0.0682. The predicted octanol–water partition coefficient (Wildman–Crippen LogP) is 3.57. The molecule has 2 unspecified atom stereocenters. The number of carbonyl (C=O) groups is 1. The van der Waals surface area contributed by atoms with Gasteiger partial charge in [0.25, 0.3) is 0 Å². The number of carbonyl (C=O) groups excluding carboxylic acids is 1. The number of rotatable bonds is 10. The number of likely N-dealkylation sites (N-methyl/N-ethyl adjacent to an activating group) is 1. The van der Waals surface area contributed by atoms with Crippen molar-refractivity contribution < 1.29 is 23.1 Å². The lowest BCUT2D eigenvalue weighted by molar-refractivity contribution is -0.196. The van der Waals surface area contributed by atoms with Crippen LogP contribution in [0, 0.1) is 11.3 Å². The number of hydrogen-bond acceptors (Lipinski definition) is 4. The zero-order valence-electron chi connectivity index (χ0n) is 17.8. The second-order valence-corrected chi connectivity index (χ2v) is 8.03. The van der Waals surface area contributed by atoms with Crippen LogP contribution >= 0.6 is 0 Å². The van der Waals surface area contributed by atoms with Crippen LogP contribution in [0.1, 0.15) is 24.8 Å². The molecule has 9 heteroatoms. The highest BCUT2D eigenvalue weighted by atomic mass is 19.4. The summed E-state index contributed by atoms with van der Waals surface area (Å²) in [5.74, 6) is -1.67. The fourth-order valence-corrected chi connectivity index (χ4v) is 3.66. The zero-order valence-corrected chi connectivity index (χ0v) is 17.8. The van der Waals surface area contributed by atoms with E-state index in [0.717, 1.165) is 11.8 Å². The Bertz CT molecular complexity index is 815. The first-order valence-corrected chi connectivity index (χ1v) is 9.97. The quantitative estimate of drug-likeness (QED) is 0.433. The first-order chi connectivity index (χ1) is 14.5. The summed E-state index contributed by atoms with van der Waals surface area (Å²) in [6.07, 6.45) is -3.27. The third kappa shape index (κ3) is 6.16. The van der Waals surface area contributed by atoms with Gasteiger partial charge >= 0.3 is 6.18 Å². The molecule has 1 fully saturated rings. The molecular weight excluding hydrogens is 409 g/mol. The van der Waals surface area contributed by atoms with Gasteiger partial charge in [-0.2, -0.15) is 13.2 Å². The molecule has 1 aliphatic rings. The largest absolute Gasteiger partial charge is 0.508 e. The summed E-state index contributed by atoms with van der Waals surface area (Å²) in [5.41, 5.74) is -1.03. The Kier molecular flexibility index (Phi) is 8.00. The van der Waals surface area contributed by atoms with Crippen LogP contribution < -0.4 is 5.32 Å². The Morgan fingerprint density at radius 3 is 2.39 bits per heavy atom. The Labute approximate surface area is 180 Å². The summed E-state index contributed by atoms with van der Waals surface area (Å²) in [7, 11) is 3.72. The number of amidine groups is 1. The van der Waals surface area contributed by atoms with Gasteiger partial charge in [-0.25, -0.2) is 9.98 Å². The normalized spacial score (nSPS) is 17.7. The maximum absolute atomic E-state index is 13.7. The van der Waals surface area contributed by atoms with Gasteiger partial charge in [0.15, 0.2) is 0 Å². The highest BCUT2D eigenvalue weighted by Gasteiger charge is 2.68. The van der Waals surface area contributed by atoms with Crippen LogP contribution in [0.4, 0.5) is 13.2 Å². The minimum atomic E-state index is -4.46. The van der Waals surface area contributed by atoms with Gasteiger partial charge in [-0.05, 0) is 57.8 Å². The van der Waals surface area contributed by atoms with Crippen molar-refractivity contribution in [1.82, 2.24) is 10.2 Å². The van der Waals surface area contributed by atoms with Gasteiger partial charge in [-0.3, -0.25) is 4.79 Å². The van der Waals surface area contributed by atoms with Crippen LogP contribution in [0.3, 0.4) is 0 Å². The SMILES string of the molecule is C=CN=C(N=C)C(CC(=O)NCC(Cc1ccc(O)cc1)N(C)C)C1(C(F)(F)F)CC1. The van der Waals surface area contributed by atoms with Crippen molar-refractivity contribution >= 4 is 18.5 Å². The molecule has 170 valence electrons. The third-order valence-electron chi connectivity index (χ3n) is 5.78. The summed E-state index contributed by atoms with van der Waals surface area (Å²) in [6.45, 7) is 7.01. The van der Waals surface area contributed by atoms with Gasteiger partial charge in [-0.1, -0.05) is 18.7 Å². The fourth-order valence-electron chi connectivity index (χ4n) is 3.66. The van der Waals surface area contributed by atoms with E-state index in [4.69, 9.17) is 0 Å². The number of phenolic OH excluding ortho intramolecular Hbond substituents is 1. The van der Waals surface area contributed by atoms with E-state index in [2.05, 4.69) is 28.6 Å². The standard InChI is InChI=1S/C22H29F3N4O2/c1-5-27-20(26-2)18(21(10-11-21)22(23,24)25)13-19(31)28-14-16(29(3)4)12-15-6-8-17(30)9-7-15/h5-9,16,18,30H,1-2,10-14H2,3-4H3,(H,28,31). The maximum Gasteiger partial charge on any atom is 0.395 e. The summed E-state index contributed by atoms with van der Waals surface area (Å²) in [4.78, 5) is 22.1. The van der Waals surface area contributed by atoms with Crippen LogP contribution in [0.5, 0.6) is 5.75 Å². The van der Waals surface area contributed by atoms with Crippen LogP contribution in [-0.2, 0) is 11.2 Å². The fraction of sp³-hybridized carbons (Fsp3) is 0.500. The molecule has 2 rings (SSSR count). The van der Waals surface area contributed by atoms with Gasteiger partial charge in [0.2, 0.25) is 5.91 Å². The van der Waals surface area contributed by atoms with E-state index in [9.17, 15) is 23.1 Å². The number of amides is 1. The van der Waals surface area contributed by atoms with E-state index in [1.165, 1.54) is 0 Å². The molecule has 0 saturated heterocycles. The lowest BCUT2D eigenvalue weighted by Crippen LogP contribution is -2.44. The van der Waals surface area contributed by atoms with E-state index < -0.39 is 23.4 Å². The average Bonchev–Trinajstić information content (AvgIpc) is 3.51. The Hall–Kier alpha value is -2.68. The van der Waals surface area contributed by atoms with Gasteiger partial charge in [-0.15, -0.1) is 0 Å². The summed E-state index contributed by atoms with van der Waals surface area (Å²) in [5, 5.41) is 12.2. The van der Waals surface area contributed by atoms with Crippen molar-refractivity contribution in [2.24, 2.45) is 21.3 Å². The first kappa shape index (κ1) is 24.6. The van der Waals surface area contributed by atoms with E-state index in [1.807, 2.05) is 19.0 Å². The number of halogens is 3. The summed E-state index contributed by atoms with van der Waals surface area (Å²) >= 11 is 0. The van der Waals surface area contributed by atoms with Gasteiger partial charge in [0.05, 0.1) is 5.41 Å². The molecule has 1 saturated carbocycles. The molecule has 1 aromatic carbocycles. The third-order valence-corrected chi connectivity index (χ3v) is 5.78. The number of nitrogens with one attached hydrogen (secondary N) is 1. The molecular formula is C22H29F3N4O2. The highest BCUT2D eigenvalue weighted by molar-refractivity contribution is 5.93.